The minimum absolute atomic E-state index is 0.0503. The van der Waals surface area contributed by atoms with Crippen LogP contribution < -0.4 is 10.6 Å². The summed E-state index contributed by atoms with van der Waals surface area (Å²) in [6.07, 6.45) is 6.02. The zero-order valence-electron chi connectivity index (χ0n) is 18.4. The van der Waals surface area contributed by atoms with Crippen LogP contribution in [0.4, 0.5) is 5.69 Å². The second kappa shape index (κ2) is 9.55. The highest BCUT2D eigenvalue weighted by Gasteiger charge is 2.23. The van der Waals surface area contributed by atoms with Crippen molar-refractivity contribution in [2.45, 2.75) is 44.7 Å². The van der Waals surface area contributed by atoms with Crippen molar-refractivity contribution >= 4 is 34.1 Å². The third-order valence-corrected chi connectivity index (χ3v) is 7.04. The van der Waals surface area contributed by atoms with Gasteiger partial charge in [-0.3, -0.25) is 9.69 Å². The Morgan fingerprint density at radius 3 is 2.72 bits per heavy atom. The van der Waals surface area contributed by atoms with Crippen molar-refractivity contribution < 1.29 is 4.79 Å². The number of nitrogens with zero attached hydrogens (tertiary/aromatic N) is 1. The number of rotatable bonds is 7. The molecule has 1 aliphatic heterocycles. The van der Waals surface area contributed by atoms with Crippen LogP contribution in [0.1, 0.15) is 48.2 Å². The van der Waals surface area contributed by atoms with Crippen LogP contribution in [0.15, 0.2) is 48.5 Å². The van der Waals surface area contributed by atoms with Gasteiger partial charge in [-0.1, -0.05) is 54.8 Å². The van der Waals surface area contributed by atoms with E-state index in [2.05, 4.69) is 50.8 Å². The third kappa shape index (κ3) is 4.94. The molecule has 3 aromatic rings. The minimum atomic E-state index is -0.0503. The first-order chi connectivity index (χ1) is 15.6. The molecular weight excluding hydrogens is 420 g/mol. The summed E-state index contributed by atoms with van der Waals surface area (Å²) in [7, 11) is 0. The smallest absolute Gasteiger partial charge is 0.267 e. The van der Waals surface area contributed by atoms with Gasteiger partial charge in [0.2, 0.25) is 0 Å². The highest BCUT2D eigenvalue weighted by Crippen LogP contribution is 2.31. The zero-order chi connectivity index (χ0) is 21.9. The summed E-state index contributed by atoms with van der Waals surface area (Å²) < 4.78 is 0. The van der Waals surface area contributed by atoms with E-state index in [0.717, 1.165) is 42.6 Å². The van der Waals surface area contributed by atoms with Crippen LogP contribution in [0, 0.1) is 5.92 Å². The predicted octanol–water partition coefficient (Wildman–Crippen LogP) is 5.43. The number of nitrogens with one attached hydrogen (secondary N) is 3. The average molecular weight is 451 g/mol. The lowest BCUT2D eigenvalue weighted by Gasteiger charge is -2.16. The lowest BCUT2D eigenvalue weighted by Crippen LogP contribution is -2.31. The van der Waals surface area contributed by atoms with E-state index in [-0.39, 0.29) is 5.91 Å². The molecule has 5 nitrogen and oxygen atoms in total. The fourth-order valence-corrected chi connectivity index (χ4v) is 5.36. The normalized spacial score (nSPS) is 19.6. The average Bonchev–Trinajstić information content (AvgIpc) is 3.54. The number of likely N-dealkylation sites (tertiary alicyclic amines) is 1. The van der Waals surface area contributed by atoms with Gasteiger partial charge in [0.1, 0.15) is 5.69 Å². The number of hydrogen-bond acceptors (Lipinski definition) is 3. The van der Waals surface area contributed by atoms with Crippen LogP contribution in [0.2, 0.25) is 5.02 Å². The summed E-state index contributed by atoms with van der Waals surface area (Å²) in [5.74, 6) is 0.437. The Labute approximate surface area is 194 Å². The fourth-order valence-electron chi connectivity index (χ4n) is 5.13. The Balaban J connectivity index is 1.20. The molecule has 1 unspecified atom stereocenters. The summed E-state index contributed by atoms with van der Waals surface area (Å²) >= 11 is 6.36. The van der Waals surface area contributed by atoms with Gasteiger partial charge >= 0.3 is 0 Å². The number of amides is 1. The van der Waals surface area contributed by atoms with Crippen LogP contribution in [-0.4, -0.2) is 41.5 Å². The van der Waals surface area contributed by atoms with E-state index in [0.29, 0.717) is 29.2 Å². The van der Waals surface area contributed by atoms with Gasteiger partial charge in [-0.2, -0.15) is 0 Å². The van der Waals surface area contributed by atoms with E-state index in [1.54, 1.807) is 0 Å². The topological polar surface area (TPSA) is 60.2 Å². The highest BCUT2D eigenvalue weighted by molar-refractivity contribution is 6.32. The molecule has 1 saturated heterocycles. The number of hydrogen-bond donors (Lipinski definition) is 3. The molecule has 2 fully saturated rings. The molecule has 2 aliphatic rings. The lowest BCUT2D eigenvalue weighted by atomic mass is 10.1. The van der Waals surface area contributed by atoms with Crippen LogP contribution in [-0.2, 0) is 6.54 Å². The van der Waals surface area contributed by atoms with E-state index in [1.165, 1.54) is 31.2 Å². The molecule has 1 amide bonds. The van der Waals surface area contributed by atoms with Crippen molar-refractivity contribution in [1.29, 1.82) is 0 Å². The van der Waals surface area contributed by atoms with Gasteiger partial charge in [0.05, 0.1) is 11.2 Å². The number of H-pyrrole nitrogens is 1. The SMILES string of the molecule is O=C(NCC1CCN(Cc2ccccc2)C1)c1cc2cc(Cl)cc(NC3CCCC3)c2[nH]1. The van der Waals surface area contributed by atoms with Crippen molar-refractivity contribution in [3.05, 3.63) is 64.8 Å². The monoisotopic (exact) mass is 450 g/mol. The first kappa shape index (κ1) is 21.4. The maximum absolute atomic E-state index is 12.9. The van der Waals surface area contributed by atoms with E-state index in [9.17, 15) is 4.79 Å². The number of carbonyl (C=O) groups is 1. The Hall–Kier alpha value is -2.50. The summed E-state index contributed by atoms with van der Waals surface area (Å²) in [6.45, 7) is 3.78. The number of carbonyl (C=O) groups excluding carboxylic acids is 1. The molecule has 1 saturated carbocycles. The molecule has 32 heavy (non-hydrogen) atoms. The largest absolute Gasteiger partial charge is 0.381 e. The van der Waals surface area contributed by atoms with Crippen LogP contribution in [0.3, 0.4) is 0 Å². The van der Waals surface area contributed by atoms with Crippen molar-refractivity contribution in [2.24, 2.45) is 5.92 Å². The molecule has 0 bridgehead atoms. The zero-order valence-corrected chi connectivity index (χ0v) is 19.1. The van der Waals surface area contributed by atoms with Crippen LogP contribution in [0.25, 0.3) is 10.9 Å². The Morgan fingerprint density at radius 2 is 1.91 bits per heavy atom. The molecule has 1 aliphatic carbocycles. The quantitative estimate of drug-likeness (QED) is 0.450. The van der Waals surface area contributed by atoms with Crippen LogP contribution in [0.5, 0.6) is 0 Å². The summed E-state index contributed by atoms with van der Waals surface area (Å²) in [5.41, 5.74) is 3.89. The summed E-state index contributed by atoms with van der Waals surface area (Å²) in [4.78, 5) is 18.7. The first-order valence-corrected chi connectivity index (χ1v) is 12.1. The molecule has 6 heteroatoms. The van der Waals surface area contributed by atoms with Gasteiger partial charge in [0, 0.05) is 36.1 Å². The molecule has 0 radical (unpaired) electrons. The number of fused-ring (bicyclic) bond motifs is 1. The van der Waals surface area contributed by atoms with Crippen LogP contribution >= 0.6 is 11.6 Å². The van der Waals surface area contributed by atoms with Gasteiger partial charge in [-0.25, -0.2) is 0 Å². The molecule has 2 heterocycles. The van der Waals surface area contributed by atoms with E-state index >= 15 is 0 Å². The van der Waals surface area contributed by atoms with Gasteiger partial charge < -0.3 is 15.6 Å². The molecule has 0 spiro atoms. The highest BCUT2D eigenvalue weighted by atomic mass is 35.5. The second-order valence-corrected chi connectivity index (χ2v) is 9.75. The fraction of sp³-hybridized carbons (Fsp3) is 0.423. The van der Waals surface area contributed by atoms with Crippen molar-refractivity contribution in [3.63, 3.8) is 0 Å². The Bertz CT molecular complexity index is 1070. The third-order valence-electron chi connectivity index (χ3n) is 6.82. The molecule has 5 rings (SSSR count). The molecular formula is C26H31ClN4O. The molecule has 1 atom stereocenters. The van der Waals surface area contributed by atoms with Gasteiger partial charge in [0.25, 0.3) is 5.91 Å². The molecule has 168 valence electrons. The van der Waals surface area contributed by atoms with E-state index < -0.39 is 0 Å². The molecule has 3 N–H and O–H groups in total. The summed E-state index contributed by atoms with van der Waals surface area (Å²) in [5, 5.41) is 8.43. The Morgan fingerprint density at radius 1 is 1.09 bits per heavy atom. The van der Waals surface area contributed by atoms with Crippen molar-refractivity contribution in [3.8, 4) is 0 Å². The minimum Gasteiger partial charge on any atom is -0.381 e. The van der Waals surface area contributed by atoms with Crippen molar-refractivity contribution in [2.75, 3.05) is 25.0 Å². The van der Waals surface area contributed by atoms with E-state index in [1.807, 2.05) is 18.2 Å². The first-order valence-electron chi connectivity index (χ1n) is 11.8. The van der Waals surface area contributed by atoms with Gasteiger partial charge in [0.15, 0.2) is 0 Å². The maximum atomic E-state index is 12.9. The van der Waals surface area contributed by atoms with Crippen molar-refractivity contribution in [1.82, 2.24) is 15.2 Å². The lowest BCUT2D eigenvalue weighted by molar-refractivity contribution is 0.0943. The predicted molar refractivity (Wildman–Crippen MR) is 131 cm³/mol. The van der Waals surface area contributed by atoms with Gasteiger partial charge in [-0.15, -0.1) is 0 Å². The Kier molecular flexibility index (Phi) is 6.37. The van der Waals surface area contributed by atoms with Gasteiger partial charge in [-0.05, 0) is 55.5 Å². The second-order valence-electron chi connectivity index (χ2n) is 9.31. The number of anilines is 1. The number of aromatic amines is 1. The standard InChI is InChI=1S/C26H31ClN4O/c27-21-12-20-13-24(30-25(20)23(14-21)29-22-8-4-5-9-22)26(32)28-15-19-10-11-31(17-19)16-18-6-2-1-3-7-18/h1-3,6-7,12-14,19,22,29-30H,4-5,8-11,15-17H2,(H,28,32). The number of benzene rings is 2. The molecule has 2 aromatic carbocycles. The summed E-state index contributed by atoms with van der Waals surface area (Å²) in [6, 6.07) is 16.8. The number of halogens is 1. The molecule has 1 aromatic heterocycles. The number of aromatic nitrogens is 1. The van der Waals surface area contributed by atoms with E-state index in [4.69, 9.17) is 11.6 Å². The maximum Gasteiger partial charge on any atom is 0.267 e.